The van der Waals surface area contributed by atoms with E-state index in [1.165, 1.54) is 4.57 Å². The van der Waals surface area contributed by atoms with E-state index in [1.807, 2.05) is 13.8 Å². The number of rotatable bonds is 5. The summed E-state index contributed by atoms with van der Waals surface area (Å²) in [4.78, 5) is 25.4. The number of aliphatic hydroxyl groups excluding tert-OH is 1. The van der Waals surface area contributed by atoms with E-state index in [0.717, 1.165) is 16.9 Å². The summed E-state index contributed by atoms with van der Waals surface area (Å²) in [5.41, 5.74) is 2.65. The van der Waals surface area contributed by atoms with Crippen LogP contribution in [0.4, 0.5) is 5.69 Å². The van der Waals surface area contributed by atoms with Crippen molar-refractivity contribution in [1.82, 2.24) is 4.57 Å². The standard InChI is InChI=1S/C22H24N2O4/c1-13-10-16(11-14(2)20(13)28-4)21(26)23-19-7-5-6-18-17(19)8-9-24(22(18)27)12-15(3)25/h5-11,15,25H,12H2,1-4H3,(H,23,26). The minimum absolute atomic E-state index is 0.203. The second kappa shape index (κ2) is 7.86. The minimum atomic E-state index is -0.625. The maximum atomic E-state index is 12.8. The molecule has 28 heavy (non-hydrogen) atoms. The van der Waals surface area contributed by atoms with Gasteiger partial charge in [-0.3, -0.25) is 9.59 Å². The zero-order valence-electron chi connectivity index (χ0n) is 16.4. The highest BCUT2D eigenvalue weighted by Gasteiger charge is 2.14. The molecule has 2 aromatic carbocycles. The number of methoxy groups -OCH3 is 1. The van der Waals surface area contributed by atoms with Crippen molar-refractivity contribution in [3.8, 4) is 5.75 Å². The number of anilines is 1. The number of carbonyl (C=O) groups is 1. The lowest BCUT2D eigenvalue weighted by atomic mass is 10.0. The van der Waals surface area contributed by atoms with Gasteiger partial charge in [-0.1, -0.05) is 6.07 Å². The van der Waals surface area contributed by atoms with Gasteiger partial charge in [0, 0.05) is 28.2 Å². The molecule has 3 rings (SSSR count). The molecule has 0 saturated heterocycles. The number of ether oxygens (including phenoxy) is 1. The zero-order chi connectivity index (χ0) is 20.4. The first kappa shape index (κ1) is 19.6. The Hall–Kier alpha value is -3.12. The summed E-state index contributed by atoms with van der Waals surface area (Å²) in [5, 5.41) is 13.6. The fourth-order valence-corrected chi connectivity index (χ4v) is 3.45. The Balaban J connectivity index is 1.98. The Kier molecular flexibility index (Phi) is 5.51. The molecule has 0 aliphatic carbocycles. The van der Waals surface area contributed by atoms with Crippen LogP contribution < -0.4 is 15.6 Å². The molecule has 3 aromatic rings. The van der Waals surface area contributed by atoms with Crippen molar-refractivity contribution in [1.29, 1.82) is 0 Å². The molecule has 2 N–H and O–H groups in total. The van der Waals surface area contributed by atoms with Crippen molar-refractivity contribution >= 4 is 22.4 Å². The van der Waals surface area contributed by atoms with E-state index in [0.29, 0.717) is 22.0 Å². The van der Waals surface area contributed by atoms with Gasteiger partial charge >= 0.3 is 0 Å². The molecule has 1 unspecified atom stereocenters. The van der Waals surface area contributed by atoms with Crippen molar-refractivity contribution in [2.24, 2.45) is 0 Å². The average molecular weight is 380 g/mol. The highest BCUT2D eigenvalue weighted by atomic mass is 16.5. The predicted molar refractivity (Wildman–Crippen MR) is 110 cm³/mol. The quantitative estimate of drug-likeness (QED) is 0.712. The van der Waals surface area contributed by atoms with Gasteiger partial charge in [0.15, 0.2) is 0 Å². The molecule has 1 heterocycles. The number of hydrogen-bond acceptors (Lipinski definition) is 4. The van der Waals surface area contributed by atoms with Crippen LogP contribution in [0, 0.1) is 13.8 Å². The van der Waals surface area contributed by atoms with Crippen LogP contribution >= 0.6 is 0 Å². The van der Waals surface area contributed by atoms with Gasteiger partial charge in [0.2, 0.25) is 0 Å². The maximum Gasteiger partial charge on any atom is 0.258 e. The number of nitrogens with one attached hydrogen (secondary N) is 1. The van der Waals surface area contributed by atoms with Crippen LogP contribution in [-0.4, -0.2) is 28.8 Å². The number of aromatic nitrogens is 1. The number of aliphatic hydroxyl groups is 1. The Bertz CT molecular complexity index is 1080. The van der Waals surface area contributed by atoms with Crippen LogP contribution in [0.5, 0.6) is 5.75 Å². The van der Waals surface area contributed by atoms with Crippen LogP contribution in [0.1, 0.15) is 28.4 Å². The highest BCUT2D eigenvalue weighted by Crippen LogP contribution is 2.26. The molecular weight excluding hydrogens is 356 g/mol. The monoisotopic (exact) mass is 380 g/mol. The van der Waals surface area contributed by atoms with Gasteiger partial charge in [-0.05, 0) is 62.2 Å². The summed E-state index contributed by atoms with van der Waals surface area (Å²) in [6.45, 7) is 5.64. The molecule has 1 amide bonds. The van der Waals surface area contributed by atoms with Gasteiger partial charge in [-0.25, -0.2) is 0 Å². The van der Waals surface area contributed by atoms with E-state index in [-0.39, 0.29) is 18.0 Å². The third-order valence-corrected chi connectivity index (χ3v) is 4.65. The molecule has 0 fully saturated rings. The summed E-state index contributed by atoms with van der Waals surface area (Å²) in [5.74, 6) is 0.509. The normalized spacial score (nSPS) is 12.0. The number of fused-ring (bicyclic) bond motifs is 1. The number of amides is 1. The Morgan fingerprint density at radius 2 is 1.86 bits per heavy atom. The van der Waals surface area contributed by atoms with Crippen LogP contribution in [0.15, 0.2) is 47.4 Å². The summed E-state index contributed by atoms with van der Waals surface area (Å²) in [6, 6.07) is 10.6. The van der Waals surface area contributed by atoms with Crippen molar-refractivity contribution in [2.45, 2.75) is 33.4 Å². The van der Waals surface area contributed by atoms with E-state index in [1.54, 1.807) is 56.6 Å². The summed E-state index contributed by atoms with van der Waals surface area (Å²) < 4.78 is 6.82. The molecule has 0 bridgehead atoms. The Morgan fingerprint density at radius 1 is 1.18 bits per heavy atom. The molecule has 0 aliphatic rings. The van der Waals surface area contributed by atoms with Crippen molar-refractivity contribution in [2.75, 3.05) is 12.4 Å². The van der Waals surface area contributed by atoms with E-state index >= 15 is 0 Å². The van der Waals surface area contributed by atoms with Crippen LogP contribution in [0.2, 0.25) is 0 Å². The molecule has 0 aliphatic heterocycles. The van der Waals surface area contributed by atoms with Gasteiger partial charge in [-0.15, -0.1) is 0 Å². The van der Waals surface area contributed by atoms with Gasteiger partial charge in [0.05, 0.1) is 19.8 Å². The number of hydrogen-bond donors (Lipinski definition) is 2. The predicted octanol–water partition coefficient (Wildman–Crippen LogP) is 3.26. The number of aryl methyl sites for hydroxylation is 2. The van der Waals surface area contributed by atoms with Gasteiger partial charge in [-0.2, -0.15) is 0 Å². The molecule has 146 valence electrons. The zero-order valence-corrected chi connectivity index (χ0v) is 16.4. The van der Waals surface area contributed by atoms with E-state index in [9.17, 15) is 14.7 Å². The number of benzene rings is 2. The first-order valence-electron chi connectivity index (χ1n) is 9.08. The van der Waals surface area contributed by atoms with Crippen molar-refractivity contribution < 1.29 is 14.6 Å². The summed E-state index contributed by atoms with van der Waals surface area (Å²) in [6.07, 6.45) is 1.01. The Morgan fingerprint density at radius 3 is 2.46 bits per heavy atom. The number of pyridine rings is 1. The molecule has 0 spiro atoms. The minimum Gasteiger partial charge on any atom is -0.496 e. The van der Waals surface area contributed by atoms with Gasteiger partial charge in [0.25, 0.3) is 11.5 Å². The van der Waals surface area contributed by atoms with Gasteiger partial charge < -0.3 is 19.7 Å². The third kappa shape index (κ3) is 3.77. The fraction of sp³-hybridized carbons (Fsp3) is 0.273. The third-order valence-electron chi connectivity index (χ3n) is 4.65. The molecule has 1 aromatic heterocycles. The molecule has 0 radical (unpaired) electrons. The van der Waals surface area contributed by atoms with E-state index < -0.39 is 6.10 Å². The summed E-state index contributed by atoms with van der Waals surface area (Å²) >= 11 is 0. The van der Waals surface area contributed by atoms with Crippen molar-refractivity contribution in [3.63, 3.8) is 0 Å². The van der Waals surface area contributed by atoms with Crippen molar-refractivity contribution in [3.05, 3.63) is 69.6 Å². The SMILES string of the molecule is COc1c(C)cc(C(=O)Nc2cccc3c(=O)n(CC(C)O)ccc23)cc1C. The topological polar surface area (TPSA) is 80.6 Å². The van der Waals surface area contributed by atoms with Crippen LogP contribution in [-0.2, 0) is 6.54 Å². The molecule has 6 heteroatoms. The van der Waals surface area contributed by atoms with Crippen LogP contribution in [0.3, 0.4) is 0 Å². The highest BCUT2D eigenvalue weighted by molar-refractivity contribution is 6.09. The Labute approximate surface area is 163 Å². The molecule has 1 atom stereocenters. The average Bonchev–Trinajstić information content (AvgIpc) is 2.64. The first-order valence-corrected chi connectivity index (χ1v) is 9.08. The van der Waals surface area contributed by atoms with Crippen LogP contribution in [0.25, 0.3) is 10.8 Å². The second-order valence-electron chi connectivity index (χ2n) is 6.99. The lowest BCUT2D eigenvalue weighted by Gasteiger charge is -2.14. The first-order chi connectivity index (χ1) is 13.3. The summed E-state index contributed by atoms with van der Waals surface area (Å²) in [7, 11) is 1.61. The fourth-order valence-electron chi connectivity index (χ4n) is 3.45. The smallest absolute Gasteiger partial charge is 0.258 e. The molecular formula is C22H24N2O4. The lowest BCUT2D eigenvalue weighted by Crippen LogP contribution is -2.25. The second-order valence-corrected chi connectivity index (χ2v) is 6.99. The van der Waals surface area contributed by atoms with E-state index in [2.05, 4.69) is 5.32 Å². The maximum absolute atomic E-state index is 12.8. The lowest BCUT2D eigenvalue weighted by molar-refractivity contribution is 0.102. The molecule has 0 saturated carbocycles. The largest absolute Gasteiger partial charge is 0.496 e. The van der Waals surface area contributed by atoms with Gasteiger partial charge in [0.1, 0.15) is 5.75 Å². The van der Waals surface area contributed by atoms with E-state index in [4.69, 9.17) is 4.74 Å². The number of carbonyl (C=O) groups excluding carboxylic acids is 1. The molecule has 6 nitrogen and oxygen atoms in total. The number of nitrogens with zero attached hydrogens (tertiary/aromatic N) is 1.